The van der Waals surface area contributed by atoms with Crippen molar-refractivity contribution in [3.63, 3.8) is 0 Å². The van der Waals surface area contributed by atoms with Crippen LogP contribution in [0, 0.1) is 6.92 Å². The van der Waals surface area contributed by atoms with Gasteiger partial charge in [0, 0.05) is 17.8 Å². The maximum absolute atomic E-state index is 11.6. The molecule has 0 aromatic heterocycles. The van der Waals surface area contributed by atoms with E-state index < -0.39 is 0 Å². The van der Waals surface area contributed by atoms with Gasteiger partial charge in [-0.1, -0.05) is 17.7 Å². The molecule has 1 fully saturated rings. The third-order valence-electron chi connectivity index (χ3n) is 3.26. The largest absolute Gasteiger partial charge is 0.336 e. The lowest BCUT2D eigenvalue weighted by Gasteiger charge is -2.38. The van der Waals surface area contributed by atoms with Crippen LogP contribution >= 0.6 is 0 Å². The van der Waals surface area contributed by atoms with E-state index >= 15 is 0 Å². The predicted octanol–water partition coefficient (Wildman–Crippen LogP) is 2.00. The molecule has 0 bridgehead atoms. The second-order valence-electron chi connectivity index (χ2n) is 4.89. The molecule has 17 heavy (non-hydrogen) atoms. The van der Waals surface area contributed by atoms with Crippen LogP contribution < -0.4 is 16.4 Å². The summed E-state index contributed by atoms with van der Waals surface area (Å²) in [6.45, 7) is 2.56. The van der Waals surface area contributed by atoms with Crippen molar-refractivity contribution in [3.05, 3.63) is 29.8 Å². The summed E-state index contributed by atoms with van der Waals surface area (Å²) in [6.07, 6.45) is 3.16. The summed E-state index contributed by atoms with van der Waals surface area (Å²) in [6, 6.07) is 7.51. The summed E-state index contributed by atoms with van der Waals surface area (Å²) in [5.41, 5.74) is 7.82. The quantitative estimate of drug-likeness (QED) is 0.747. The molecule has 4 N–H and O–H groups in total. The maximum atomic E-state index is 11.6. The third kappa shape index (κ3) is 3.20. The average molecular weight is 233 g/mol. The Balaban J connectivity index is 1.79. The van der Waals surface area contributed by atoms with Gasteiger partial charge in [-0.15, -0.1) is 0 Å². The maximum Gasteiger partial charge on any atom is 0.319 e. The van der Waals surface area contributed by atoms with E-state index in [-0.39, 0.29) is 11.6 Å². The van der Waals surface area contributed by atoms with Crippen molar-refractivity contribution in [2.75, 3.05) is 11.9 Å². The molecule has 0 radical (unpaired) electrons. The van der Waals surface area contributed by atoms with E-state index in [1.807, 2.05) is 31.2 Å². The molecule has 1 aromatic carbocycles. The molecule has 2 amide bonds. The van der Waals surface area contributed by atoms with E-state index in [0.29, 0.717) is 6.54 Å². The van der Waals surface area contributed by atoms with Crippen LogP contribution in [0.3, 0.4) is 0 Å². The molecular weight excluding hydrogens is 214 g/mol. The van der Waals surface area contributed by atoms with Crippen LogP contribution in [0.1, 0.15) is 24.8 Å². The Morgan fingerprint density at radius 3 is 2.53 bits per heavy atom. The molecule has 4 nitrogen and oxygen atoms in total. The highest BCUT2D eigenvalue weighted by Gasteiger charge is 2.32. The fraction of sp³-hybridized carbons (Fsp3) is 0.462. The summed E-state index contributed by atoms with van der Waals surface area (Å²) in [4.78, 5) is 11.6. The fourth-order valence-corrected chi connectivity index (χ4v) is 1.88. The van der Waals surface area contributed by atoms with Gasteiger partial charge in [-0.3, -0.25) is 0 Å². The summed E-state index contributed by atoms with van der Waals surface area (Å²) in [5.74, 6) is 0. The molecule has 1 aromatic rings. The fourth-order valence-electron chi connectivity index (χ4n) is 1.88. The third-order valence-corrected chi connectivity index (χ3v) is 3.26. The summed E-state index contributed by atoms with van der Waals surface area (Å²) in [5, 5.41) is 5.60. The number of amides is 2. The highest BCUT2D eigenvalue weighted by Crippen LogP contribution is 2.27. The smallest absolute Gasteiger partial charge is 0.319 e. The predicted molar refractivity (Wildman–Crippen MR) is 69.0 cm³/mol. The lowest BCUT2D eigenvalue weighted by Crippen LogP contribution is -2.55. The molecule has 0 aliphatic heterocycles. The van der Waals surface area contributed by atoms with Gasteiger partial charge in [-0.2, -0.15) is 0 Å². The number of urea groups is 1. The van der Waals surface area contributed by atoms with Crippen LogP contribution in [0.4, 0.5) is 10.5 Å². The van der Waals surface area contributed by atoms with Crippen molar-refractivity contribution in [1.29, 1.82) is 0 Å². The first-order valence-corrected chi connectivity index (χ1v) is 5.98. The van der Waals surface area contributed by atoms with Gasteiger partial charge in [-0.05, 0) is 38.3 Å². The highest BCUT2D eigenvalue weighted by atomic mass is 16.2. The van der Waals surface area contributed by atoms with Crippen molar-refractivity contribution in [3.8, 4) is 0 Å². The van der Waals surface area contributed by atoms with Crippen molar-refractivity contribution in [1.82, 2.24) is 5.32 Å². The van der Waals surface area contributed by atoms with Crippen LogP contribution in [0.2, 0.25) is 0 Å². The van der Waals surface area contributed by atoms with Crippen LogP contribution in [0.15, 0.2) is 24.3 Å². The molecular formula is C13H19N3O. The Hall–Kier alpha value is -1.55. The number of carbonyl (C=O) groups excluding carboxylic acids is 1. The number of hydrogen-bond acceptors (Lipinski definition) is 2. The zero-order chi connectivity index (χ0) is 12.3. The lowest BCUT2D eigenvalue weighted by molar-refractivity contribution is 0.225. The molecule has 0 atom stereocenters. The Morgan fingerprint density at radius 2 is 2.00 bits per heavy atom. The van der Waals surface area contributed by atoms with Gasteiger partial charge in [0.25, 0.3) is 0 Å². The van der Waals surface area contributed by atoms with Crippen LogP contribution in [-0.4, -0.2) is 18.1 Å². The minimum absolute atomic E-state index is 0.176. The lowest BCUT2D eigenvalue weighted by atomic mass is 9.78. The van der Waals surface area contributed by atoms with Crippen LogP contribution in [-0.2, 0) is 0 Å². The number of aryl methyl sites for hydroxylation is 1. The molecule has 1 saturated carbocycles. The summed E-state index contributed by atoms with van der Waals surface area (Å²) < 4.78 is 0. The number of carbonyl (C=O) groups is 1. The zero-order valence-electron chi connectivity index (χ0n) is 10.1. The SMILES string of the molecule is Cc1ccc(NC(=O)NCC2(N)CCC2)cc1. The Morgan fingerprint density at radius 1 is 1.35 bits per heavy atom. The van der Waals surface area contributed by atoms with Crippen molar-refractivity contribution in [2.24, 2.45) is 5.73 Å². The van der Waals surface area contributed by atoms with Crippen LogP contribution in [0.25, 0.3) is 0 Å². The van der Waals surface area contributed by atoms with Crippen LogP contribution in [0.5, 0.6) is 0 Å². The molecule has 0 unspecified atom stereocenters. The number of nitrogens with one attached hydrogen (secondary N) is 2. The van der Waals surface area contributed by atoms with Gasteiger partial charge < -0.3 is 16.4 Å². The van der Waals surface area contributed by atoms with E-state index in [1.165, 1.54) is 5.56 Å². The van der Waals surface area contributed by atoms with Gasteiger partial charge in [0.1, 0.15) is 0 Å². The van der Waals surface area contributed by atoms with Crippen molar-refractivity contribution < 1.29 is 4.79 Å². The second-order valence-corrected chi connectivity index (χ2v) is 4.89. The number of anilines is 1. The Labute approximate surface area is 102 Å². The van der Waals surface area contributed by atoms with Gasteiger partial charge in [0.2, 0.25) is 0 Å². The van der Waals surface area contributed by atoms with Gasteiger partial charge in [0.05, 0.1) is 0 Å². The van der Waals surface area contributed by atoms with E-state index in [0.717, 1.165) is 24.9 Å². The van der Waals surface area contributed by atoms with Gasteiger partial charge >= 0.3 is 6.03 Å². The Kier molecular flexibility index (Phi) is 3.33. The number of nitrogens with two attached hydrogens (primary N) is 1. The minimum atomic E-state index is -0.189. The molecule has 0 heterocycles. The van der Waals surface area contributed by atoms with Gasteiger partial charge in [0.15, 0.2) is 0 Å². The second kappa shape index (κ2) is 4.75. The van der Waals surface area contributed by atoms with E-state index in [2.05, 4.69) is 10.6 Å². The summed E-state index contributed by atoms with van der Waals surface area (Å²) >= 11 is 0. The molecule has 0 saturated heterocycles. The first-order chi connectivity index (χ1) is 8.07. The molecule has 92 valence electrons. The Bertz CT molecular complexity index is 396. The molecule has 1 aliphatic rings. The standard InChI is InChI=1S/C13H19N3O/c1-10-3-5-11(6-4-10)16-12(17)15-9-13(14)7-2-8-13/h3-6H,2,7-9,14H2,1H3,(H2,15,16,17). The monoisotopic (exact) mass is 233 g/mol. The average Bonchev–Trinajstić information content (AvgIpc) is 2.27. The van der Waals surface area contributed by atoms with E-state index in [9.17, 15) is 4.79 Å². The minimum Gasteiger partial charge on any atom is -0.336 e. The molecule has 2 rings (SSSR count). The normalized spacial score (nSPS) is 17.1. The first-order valence-electron chi connectivity index (χ1n) is 5.98. The van der Waals surface area contributed by atoms with Gasteiger partial charge in [-0.25, -0.2) is 4.79 Å². The topological polar surface area (TPSA) is 67.2 Å². The highest BCUT2D eigenvalue weighted by molar-refractivity contribution is 5.89. The number of rotatable bonds is 3. The first kappa shape index (κ1) is 11.9. The zero-order valence-corrected chi connectivity index (χ0v) is 10.1. The van der Waals surface area contributed by atoms with E-state index in [4.69, 9.17) is 5.73 Å². The molecule has 0 spiro atoms. The van der Waals surface area contributed by atoms with Crippen molar-refractivity contribution >= 4 is 11.7 Å². The van der Waals surface area contributed by atoms with Crippen molar-refractivity contribution in [2.45, 2.75) is 31.7 Å². The number of benzene rings is 1. The van der Waals surface area contributed by atoms with E-state index in [1.54, 1.807) is 0 Å². The molecule has 4 heteroatoms. The summed E-state index contributed by atoms with van der Waals surface area (Å²) in [7, 11) is 0. The molecule has 1 aliphatic carbocycles. The number of hydrogen-bond donors (Lipinski definition) is 3.